The SMILES string of the molecule is FC1(F)C(F)(F)C(F)(CCI)C1(F)F. The first kappa shape index (κ1) is 12.3. The van der Waals surface area contributed by atoms with Crippen LogP contribution in [0.1, 0.15) is 6.42 Å². The summed E-state index contributed by atoms with van der Waals surface area (Å²) >= 11 is 1.36. The molecule has 0 spiro atoms. The molecule has 0 N–H and O–H groups in total. The van der Waals surface area contributed by atoms with Crippen LogP contribution in [0.15, 0.2) is 0 Å². The highest BCUT2D eigenvalue weighted by molar-refractivity contribution is 14.1. The van der Waals surface area contributed by atoms with Crippen LogP contribution in [-0.4, -0.2) is 27.9 Å². The lowest BCUT2D eigenvalue weighted by Gasteiger charge is -2.54. The average Bonchev–Trinajstić information content (AvgIpc) is 2.02. The third-order valence-corrected chi connectivity index (χ3v) is 2.76. The second-order valence-corrected chi connectivity index (χ2v) is 4.04. The van der Waals surface area contributed by atoms with Crippen LogP contribution in [0.2, 0.25) is 0 Å². The van der Waals surface area contributed by atoms with Crippen molar-refractivity contribution < 1.29 is 30.7 Å². The van der Waals surface area contributed by atoms with E-state index in [-0.39, 0.29) is 0 Å². The van der Waals surface area contributed by atoms with E-state index in [0.29, 0.717) is 0 Å². The van der Waals surface area contributed by atoms with Crippen LogP contribution in [0.5, 0.6) is 0 Å². The Bertz CT molecular complexity index is 231. The molecule has 0 saturated heterocycles. The van der Waals surface area contributed by atoms with Gasteiger partial charge in [-0.1, -0.05) is 22.6 Å². The highest BCUT2D eigenvalue weighted by atomic mass is 127. The fraction of sp³-hybridized carbons (Fsp3) is 1.00. The molecule has 1 saturated carbocycles. The van der Waals surface area contributed by atoms with E-state index < -0.39 is 34.3 Å². The summed E-state index contributed by atoms with van der Waals surface area (Å²) in [4.78, 5) is 0. The fourth-order valence-electron chi connectivity index (χ4n) is 1.27. The Balaban J connectivity index is 3.11. The van der Waals surface area contributed by atoms with Gasteiger partial charge in [-0.15, -0.1) is 0 Å². The summed E-state index contributed by atoms with van der Waals surface area (Å²) in [7, 11) is 0. The number of halogens is 8. The zero-order valence-corrected chi connectivity index (χ0v) is 8.60. The molecule has 1 fully saturated rings. The summed E-state index contributed by atoms with van der Waals surface area (Å²) in [6.07, 6.45) is -1.30. The highest BCUT2D eigenvalue weighted by Gasteiger charge is 2.99. The molecule has 0 aromatic heterocycles. The molecule has 84 valence electrons. The summed E-state index contributed by atoms with van der Waals surface area (Å²) in [5.41, 5.74) is -4.43. The summed E-state index contributed by atoms with van der Waals surface area (Å²) in [6, 6.07) is 0. The molecule has 1 aliphatic carbocycles. The Morgan fingerprint density at radius 2 is 1.07 bits per heavy atom. The Labute approximate surface area is 88.0 Å². The lowest BCUT2D eigenvalue weighted by molar-refractivity contribution is -0.472. The van der Waals surface area contributed by atoms with Crippen LogP contribution in [0.4, 0.5) is 30.7 Å². The van der Waals surface area contributed by atoms with Gasteiger partial charge in [-0.25, -0.2) is 4.39 Å². The van der Waals surface area contributed by atoms with Gasteiger partial charge >= 0.3 is 17.8 Å². The molecule has 0 aromatic carbocycles. The van der Waals surface area contributed by atoms with E-state index in [4.69, 9.17) is 0 Å². The van der Waals surface area contributed by atoms with Gasteiger partial charge in [0.05, 0.1) is 0 Å². The van der Waals surface area contributed by atoms with Gasteiger partial charge < -0.3 is 0 Å². The molecule has 1 rings (SSSR count). The van der Waals surface area contributed by atoms with Crippen molar-refractivity contribution in [3.05, 3.63) is 0 Å². The lowest BCUT2D eigenvalue weighted by atomic mass is 9.68. The third kappa shape index (κ3) is 0.955. The molecule has 0 aliphatic heterocycles. The predicted octanol–water partition coefficient (Wildman–Crippen LogP) is 3.44. The molecule has 8 heteroatoms. The average molecular weight is 336 g/mol. The zero-order valence-electron chi connectivity index (χ0n) is 6.44. The van der Waals surface area contributed by atoms with Gasteiger partial charge in [-0.3, -0.25) is 0 Å². The van der Waals surface area contributed by atoms with E-state index in [0.717, 1.165) is 0 Å². The number of rotatable bonds is 2. The van der Waals surface area contributed by atoms with Gasteiger partial charge in [-0.05, 0) is 0 Å². The fourth-order valence-corrected chi connectivity index (χ4v) is 2.02. The Kier molecular flexibility index (Phi) is 2.53. The molecule has 0 heterocycles. The Morgan fingerprint density at radius 1 is 0.714 bits per heavy atom. The minimum absolute atomic E-state index is 0.393. The van der Waals surface area contributed by atoms with Crippen molar-refractivity contribution in [2.45, 2.75) is 29.9 Å². The molecular formula is C6H4F7I. The van der Waals surface area contributed by atoms with E-state index >= 15 is 0 Å². The third-order valence-electron chi connectivity index (χ3n) is 2.22. The predicted molar refractivity (Wildman–Crippen MR) is 42.2 cm³/mol. The molecule has 0 nitrogen and oxygen atoms in total. The van der Waals surface area contributed by atoms with Gasteiger partial charge in [0, 0.05) is 10.8 Å². The van der Waals surface area contributed by atoms with E-state index in [2.05, 4.69) is 0 Å². The van der Waals surface area contributed by atoms with Crippen molar-refractivity contribution >= 4 is 22.6 Å². The molecule has 0 aromatic rings. The van der Waals surface area contributed by atoms with Crippen molar-refractivity contribution in [1.29, 1.82) is 0 Å². The van der Waals surface area contributed by atoms with Crippen molar-refractivity contribution in [2.24, 2.45) is 0 Å². The first-order valence-electron chi connectivity index (χ1n) is 3.44. The van der Waals surface area contributed by atoms with Gasteiger partial charge in [0.2, 0.25) is 5.67 Å². The first-order valence-corrected chi connectivity index (χ1v) is 4.97. The molecular weight excluding hydrogens is 332 g/mol. The lowest BCUT2D eigenvalue weighted by Crippen LogP contribution is -2.84. The Morgan fingerprint density at radius 3 is 1.36 bits per heavy atom. The summed E-state index contributed by atoms with van der Waals surface area (Å²) < 4.78 is 86.7. The van der Waals surface area contributed by atoms with E-state index in [9.17, 15) is 30.7 Å². The minimum Gasteiger partial charge on any atom is -0.230 e. The van der Waals surface area contributed by atoms with E-state index in [1.54, 1.807) is 0 Å². The van der Waals surface area contributed by atoms with Crippen LogP contribution >= 0.6 is 22.6 Å². The maximum Gasteiger partial charge on any atom is 0.379 e. The zero-order chi connectivity index (χ0) is 11.4. The molecule has 0 bridgehead atoms. The molecule has 0 atom stereocenters. The maximum atomic E-state index is 13.0. The largest absolute Gasteiger partial charge is 0.379 e. The quantitative estimate of drug-likeness (QED) is 0.412. The standard InChI is InChI=1S/C6H4F7I/c7-3(1-2-14)4(8,9)6(12,13)5(3,10)11/h1-2H2. The second kappa shape index (κ2) is 2.88. The van der Waals surface area contributed by atoms with E-state index in [1.165, 1.54) is 22.6 Å². The van der Waals surface area contributed by atoms with Crippen molar-refractivity contribution in [3.8, 4) is 0 Å². The molecule has 14 heavy (non-hydrogen) atoms. The number of alkyl halides is 8. The van der Waals surface area contributed by atoms with Gasteiger partial charge in [0.1, 0.15) is 0 Å². The Hall–Kier alpha value is 0.240. The van der Waals surface area contributed by atoms with Gasteiger partial charge in [0.25, 0.3) is 0 Å². The van der Waals surface area contributed by atoms with Gasteiger partial charge in [0.15, 0.2) is 0 Å². The van der Waals surface area contributed by atoms with E-state index in [1.807, 2.05) is 0 Å². The van der Waals surface area contributed by atoms with Gasteiger partial charge in [-0.2, -0.15) is 26.3 Å². The van der Waals surface area contributed by atoms with Crippen molar-refractivity contribution in [1.82, 2.24) is 0 Å². The summed E-state index contributed by atoms with van der Waals surface area (Å²) in [5.74, 6) is -16.2. The number of hydrogen-bond acceptors (Lipinski definition) is 0. The van der Waals surface area contributed by atoms with Crippen molar-refractivity contribution in [3.63, 3.8) is 0 Å². The van der Waals surface area contributed by atoms with Crippen LogP contribution in [0.25, 0.3) is 0 Å². The van der Waals surface area contributed by atoms with Crippen LogP contribution in [0, 0.1) is 0 Å². The smallest absolute Gasteiger partial charge is 0.230 e. The van der Waals surface area contributed by atoms with Crippen LogP contribution < -0.4 is 0 Å². The monoisotopic (exact) mass is 336 g/mol. The molecule has 0 radical (unpaired) electrons. The summed E-state index contributed by atoms with van der Waals surface area (Å²) in [6.45, 7) is 0. The molecule has 0 amide bonds. The number of hydrogen-bond donors (Lipinski definition) is 0. The highest BCUT2D eigenvalue weighted by Crippen LogP contribution is 2.69. The second-order valence-electron chi connectivity index (χ2n) is 2.96. The van der Waals surface area contributed by atoms with Crippen LogP contribution in [-0.2, 0) is 0 Å². The maximum absolute atomic E-state index is 13.0. The topological polar surface area (TPSA) is 0 Å². The molecule has 1 aliphatic rings. The normalized spacial score (nSPS) is 30.9. The molecule has 0 unspecified atom stereocenters. The summed E-state index contributed by atoms with van der Waals surface area (Å²) in [5, 5.41) is 0. The van der Waals surface area contributed by atoms with Crippen LogP contribution in [0.3, 0.4) is 0 Å². The first-order chi connectivity index (χ1) is 6.06. The minimum atomic E-state index is -5.60. The van der Waals surface area contributed by atoms with Crippen molar-refractivity contribution in [2.75, 3.05) is 4.43 Å².